The number of aliphatic imine (C=N–C) groups is 1. The molecule has 0 spiro atoms. The van der Waals surface area contributed by atoms with Crippen molar-refractivity contribution in [2.24, 2.45) is 4.99 Å². The van der Waals surface area contributed by atoms with Crippen molar-refractivity contribution in [3.63, 3.8) is 0 Å². The summed E-state index contributed by atoms with van der Waals surface area (Å²) in [4.78, 5) is 15.4. The van der Waals surface area contributed by atoms with Crippen LogP contribution in [0.25, 0.3) is 11.3 Å². The zero-order valence-electron chi connectivity index (χ0n) is 18.2. The third kappa shape index (κ3) is 4.56. The number of nitriles is 1. The first-order valence-electron chi connectivity index (χ1n) is 10.8. The molecule has 1 atom stereocenters. The van der Waals surface area contributed by atoms with Crippen molar-refractivity contribution >= 4 is 28.8 Å². The van der Waals surface area contributed by atoms with Crippen molar-refractivity contribution in [3.05, 3.63) is 60.3 Å². The summed E-state index contributed by atoms with van der Waals surface area (Å²) in [5, 5.41) is 24.6. The fourth-order valence-corrected chi connectivity index (χ4v) is 4.01. The second-order valence-electron chi connectivity index (χ2n) is 8.13. The van der Waals surface area contributed by atoms with Crippen molar-refractivity contribution < 1.29 is 5.11 Å². The number of hydrogen-bond acceptors (Lipinski definition) is 9. The van der Waals surface area contributed by atoms with Crippen molar-refractivity contribution in [1.82, 2.24) is 15.4 Å². The number of nitrogens with zero attached hydrogens (tertiary/aromatic N) is 6. The molecule has 1 saturated heterocycles. The van der Waals surface area contributed by atoms with E-state index >= 15 is 0 Å². The zero-order chi connectivity index (χ0) is 22.8. The minimum atomic E-state index is -0.335. The smallest absolute Gasteiger partial charge is 0.227 e. The van der Waals surface area contributed by atoms with Crippen LogP contribution < -0.4 is 20.7 Å². The number of hydrazine groups is 1. The van der Waals surface area contributed by atoms with E-state index in [1.165, 1.54) is 0 Å². The van der Waals surface area contributed by atoms with Crippen LogP contribution in [0.15, 0.2) is 59.7 Å². The van der Waals surface area contributed by atoms with Crippen LogP contribution >= 0.6 is 0 Å². The van der Waals surface area contributed by atoms with Gasteiger partial charge in [0.25, 0.3) is 0 Å². The Morgan fingerprint density at radius 2 is 2.00 bits per heavy atom. The Balaban J connectivity index is 1.36. The lowest BCUT2D eigenvalue weighted by Gasteiger charge is -2.19. The molecule has 3 heterocycles. The van der Waals surface area contributed by atoms with Gasteiger partial charge in [-0.2, -0.15) is 5.26 Å². The van der Waals surface area contributed by atoms with Crippen LogP contribution in [0.4, 0.5) is 23.0 Å². The van der Waals surface area contributed by atoms with E-state index < -0.39 is 0 Å². The molecule has 0 aliphatic carbocycles. The summed E-state index contributed by atoms with van der Waals surface area (Å²) < 4.78 is 0. The molecule has 2 aliphatic heterocycles. The van der Waals surface area contributed by atoms with E-state index in [0.717, 1.165) is 47.1 Å². The van der Waals surface area contributed by atoms with Gasteiger partial charge in [-0.1, -0.05) is 0 Å². The lowest BCUT2D eigenvalue weighted by Crippen LogP contribution is -2.34. The number of benzene rings is 2. The molecule has 9 nitrogen and oxygen atoms in total. The summed E-state index contributed by atoms with van der Waals surface area (Å²) in [6, 6.07) is 17.7. The highest BCUT2D eigenvalue weighted by atomic mass is 16.3. The Kier molecular flexibility index (Phi) is 5.50. The van der Waals surface area contributed by atoms with Crippen LogP contribution in [0, 0.1) is 11.3 Å². The van der Waals surface area contributed by atoms with Gasteiger partial charge in [0.1, 0.15) is 12.5 Å². The number of nitrogens with one attached hydrogen (secondary N) is 2. The van der Waals surface area contributed by atoms with E-state index in [2.05, 4.69) is 36.7 Å². The molecule has 0 saturated carbocycles. The number of rotatable bonds is 5. The quantitative estimate of drug-likeness (QED) is 0.555. The average Bonchev–Trinajstić information content (AvgIpc) is 3.48. The summed E-state index contributed by atoms with van der Waals surface area (Å²) in [6.45, 7) is 3.86. The van der Waals surface area contributed by atoms with Crippen molar-refractivity contribution in [2.75, 3.05) is 35.0 Å². The van der Waals surface area contributed by atoms with Gasteiger partial charge in [-0.05, 0) is 61.9 Å². The van der Waals surface area contributed by atoms with Gasteiger partial charge in [-0.15, -0.1) is 0 Å². The molecule has 1 fully saturated rings. The summed E-state index contributed by atoms with van der Waals surface area (Å²) in [7, 11) is 0. The largest absolute Gasteiger partial charge is 0.391 e. The summed E-state index contributed by atoms with van der Waals surface area (Å²) in [6.07, 6.45) is 2.09. The van der Waals surface area contributed by atoms with Crippen molar-refractivity contribution in [1.29, 1.82) is 5.26 Å². The van der Waals surface area contributed by atoms with Gasteiger partial charge in [0.15, 0.2) is 0 Å². The first kappa shape index (κ1) is 20.7. The number of amidine groups is 1. The summed E-state index contributed by atoms with van der Waals surface area (Å²) in [5.74, 6) is 1.37. The van der Waals surface area contributed by atoms with Gasteiger partial charge >= 0.3 is 0 Å². The fourth-order valence-electron chi connectivity index (χ4n) is 4.01. The normalized spacial score (nSPS) is 17.5. The molecule has 166 valence electrons. The Labute approximate surface area is 192 Å². The Bertz CT molecular complexity index is 1230. The van der Waals surface area contributed by atoms with Gasteiger partial charge in [-0.3, -0.25) is 10.4 Å². The molecule has 2 aliphatic rings. The number of aliphatic hydroxyl groups excluding tert-OH is 1. The van der Waals surface area contributed by atoms with Gasteiger partial charge in [0.2, 0.25) is 5.95 Å². The number of β-amino-alcohol motifs (C(OH)–C–C–N with tert-alkyl or cyclic N) is 1. The monoisotopic (exact) mass is 440 g/mol. The number of aliphatic hydroxyl groups is 1. The zero-order valence-corrected chi connectivity index (χ0v) is 18.2. The first-order valence-corrected chi connectivity index (χ1v) is 10.8. The molecular formula is C24H24N8O. The molecule has 3 aromatic rings. The molecule has 2 aromatic carbocycles. The van der Waals surface area contributed by atoms with Gasteiger partial charge in [0.05, 0.1) is 29.1 Å². The Morgan fingerprint density at radius 3 is 2.70 bits per heavy atom. The lowest BCUT2D eigenvalue weighted by molar-refractivity contribution is 0.198. The average molecular weight is 441 g/mol. The fraction of sp³-hybridized carbons (Fsp3) is 0.250. The molecule has 1 unspecified atom stereocenters. The highest BCUT2D eigenvalue weighted by Crippen LogP contribution is 2.29. The minimum absolute atomic E-state index is 0.335. The van der Waals surface area contributed by atoms with Crippen molar-refractivity contribution in [3.8, 4) is 17.3 Å². The first-order chi connectivity index (χ1) is 16.1. The van der Waals surface area contributed by atoms with E-state index in [-0.39, 0.29) is 6.10 Å². The molecule has 0 amide bonds. The van der Waals surface area contributed by atoms with E-state index in [4.69, 9.17) is 0 Å². The van der Waals surface area contributed by atoms with Crippen LogP contribution in [-0.2, 0) is 0 Å². The van der Waals surface area contributed by atoms with Gasteiger partial charge in [-0.25, -0.2) is 15.0 Å². The van der Waals surface area contributed by atoms with Gasteiger partial charge in [0, 0.05) is 36.2 Å². The molecule has 0 bridgehead atoms. The van der Waals surface area contributed by atoms with Crippen LogP contribution in [0.1, 0.15) is 18.9 Å². The minimum Gasteiger partial charge on any atom is -0.391 e. The maximum absolute atomic E-state index is 9.89. The predicted octanol–water partition coefficient (Wildman–Crippen LogP) is 3.03. The maximum atomic E-state index is 9.89. The van der Waals surface area contributed by atoms with E-state index in [1.54, 1.807) is 6.20 Å². The lowest BCUT2D eigenvalue weighted by atomic mass is 10.1. The van der Waals surface area contributed by atoms with E-state index in [0.29, 0.717) is 24.7 Å². The number of aromatic nitrogens is 2. The molecule has 5 rings (SSSR count). The second kappa shape index (κ2) is 8.76. The third-order valence-corrected chi connectivity index (χ3v) is 5.71. The van der Waals surface area contributed by atoms with Gasteiger partial charge < -0.3 is 15.3 Å². The standard InChI is InChI=1S/C24H24N8O/c1-16-27-15-32(30-16)20-4-2-19(3-5-20)28-24-26-8-6-23(29-24)18-10-17(13-25)11-21(12-18)31-9-7-22(33)14-31/h2-6,8,10-12,22,33H,7,9,14-15H2,1H3,(H,27,30)(H,26,28,29). The number of hydrogen-bond donors (Lipinski definition) is 3. The summed E-state index contributed by atoms with van der Waals surface area (Å²) in [5.41, 5.74) is 8.11. The van der Waals surface area contributed by atoms with Crippen LogP contribution in [0.2, 0.25) is 0 Å². The molecular weight excluding hydrogens is 416 g/mol. The molecule has 0 radical (unpaired) electrons. The highest BCUT2D eigenvalue weighted by Gasteiger charge is 2.21. The Morgan fingerprint density at radius 1 is 1.15 bits per heavy atom. The maximum Gasteiger partial charge on any atom is 0.227 e. The second-order valence-corrected chi connectivity index (χ2v) is 8.13. The highest BCUT2D eigenvalue weighted by molar-refractivity contribution is 5.83. The predicted molar refractivity (Wildman–Crippen MR) is 128 cm³/mol. The van der Waals surface area contributed by atoms with E-state index in [1.807, 2.05) is 60.5 Å². The van der Waals surface area contributed by atoms with Crippen molar-refractivity contribution in [2.45, 2.75) is 19.4 Å². The van der Waals surface area contributed by atoms with Crippen LogP contribution in [-0.4, -0.2) is 46.8 Å². The SMILES string of the molecule is CC1=NCN(c2ccc(Nc3nccc(-c4cc(C#N)cc(N5CCC(O)C5)c4)n3)cc2)N1. The molecule has 33 heavy (non-hydrogen) atoms. The Hall–Kier alpha value is -4.16. The van der Waals surface area contributed by atoms with Crippen LogP contribution in [0.3, 0.4) is 0 Å². The van der Waals surface area contributed by atoms with E-state index in [9.17, 15) is 10.4 Å². The topological polar surface area (TPSA) is 113 Å². The molecule has 1 aromatic heterocycles. The summed E-state index contributed by atoms with van der Waals surface area (Å²) >= 11 is 0. The van der Waals surface area contributed by atoms with Crippen LogP contribution in [0.5, 0.6) is 0 Å². The molecule has 3 N–H and O–H groups in total. The molecule has 9 heteroatoms. The number of anilines is 4. The third-order valence-electron chi connectivity index (χ3n) is 5.71.